The summed E-state index contributed by atoms with van der Waals surface area (Å²) in [6, 6.07) is 4.93. The SMILES string of the molecule is Cc1ccc(C)c(C(=O)[C@H](C)OC(=O)CN2C(=O)N[C@@]3(C[C@@H](C)CC(C)(C)C3)C2=O)c1. The number of benzene rings is 1. The molecule has 0 unspecified atom stereocenters. The molecule has 7 heteroatoms. The summed E-state index contributed by atoms with van der Waals surface area (Å²) >= 11 is 0. The third-order valence-electron chi connectivity index (χ3n) is 6.25. The van der Waals surface area contributed by atoms with Crippen LogP contribution >= 0.6 is 0 Å². The first-order chi connectivity index (χ1) is 14.3. The van der Waals surface area contributed by atoms with Crippen LogP contribution in [0.15, 0.2) is 18.2 Å². The number of hydrogen-bond acceptors (Lipinski definition) is 5. The maximum Gasteiger partial charge on any atom is 0.326 e. The highest BCUT2D eigenvalue weighted by atomic mass is 16.5. The van der Waals surface area contributed by atoms with Gasteiger partial charge >= 0.3 is 12.0 Å². The quantitative estimate of drug-likeness (QED) is 0.440. The number of nitrogens with zero attached hydrogens (tertiary/aromatic N) is 1. The standard InChI is InChI=1S/C24H32N2O5/c1-14-7-8-16(3)18(9-14)20(28)17(4)31-19(27)12-26-21(29)24(25-22(26)30)11-15(2)10-23(5,6)13-24/h7-9,15,17H,10-13H2,1-6H3,(H,25,30)/t15-,17-,24+/m0/s1. The molecule has 3 rings (SSSR count). The zero-order valence-electron chi connectivity index (χ0n) is 19.2. The van der Waals surface area contributed by atoms with Crippen LogP contribution in [0, 0.1) is 25.2 Å². The maximum atomic E-state index is 13.2. The summed E-state index contributed by atoms with van der Waals surface area (Å²) in [5.74, 6) is -1.21. The van der Waals surface area contributed by atoms with Crippen molar-refractivity contribution in [3.05, 3.63) is 34.9 Å². The number of ketones is 1. The Labute approximate surface area is 183 Å². The summed E-state index contributed by atoms with van der Waals surface area (Å²) in [5.41, 5.74) is 1.15. The van der Waals surface area contributed by atoms with Crippen LogP contribution in [0.5, 0.6) is 0 Å². The number of amides is 3. The van der Waals surface area contributed by atoms with Gasteiger partial charge in [0.1, 0.15) is 12.1 Å². The smallest absolute Gasteiger partial charge is 0.326 e. The summed E-state index contributed by atoms with van der Waals surface area (Å²) in [6.07, 6.45) is 1.03. The molecule has 1 aromatic rings. The fraction of sp³-hybridized carbons (Fsp3) is 0.583. The highest BCUT2D eigenvalue weighted by Crippen LogP contribution is 2.46. The first-order valence-corrected chi connectivity index (χ1v) is 10.8. The van der Waals surface area contributed by atoms with Gasteiger partial charge in [-0.2, -0.15) is 0 Å². The Morgan fingerprint density at radius 2 is 1.90 bits per heavy atom. The van der Waals surface area contributed by atoms with Gasteiger partial charge in [-0.1, -0.05) is 38.5 Å². The molecule has 1 heterocycles. The molecule has 0 aromatic heterocycles. The molecule has 2 fully saturated rings. The molecule has 0 radical (unpaired) electrons. The normalized spacial score (nSPS) is 26.0. The average molecular weight is 429 g/mol. The second-order valence-electron chi connectivity index (χ2n) is 10.1. The predicted octanol–water partition coefficient (Wildman–Crippen LogP) is 3.55. The molecule has 1 N–H and O–H groups in total. The van der Waals surface area contributed by atoms with E-state index in [2.05, 4.69) is 26.1 Å². The molecule has 1 spiro atoms. The Morgan fingerprint density at radius 1 is 1.23 bits per heavy atom. The van der Waals surface area contributed by atoms with Crippen molar-refractivity contribution in [1.82, 2.24) is 10.2 Å². The van der Waals surface area contributed by atoms with E-state index >= 15 is 0 Å². The lowest BCUT2D eigenvalue weighted by atomic mass is 9.64. The molecule has 1 aliphatic heterocycles. The number of hydrogen-bond donors (Lipinski definition) is 1. The first kappa shape index (κ1) is 23.0. The van der Waals surface area contributed by atoms with Gasteiger partial charge in [0.2, 0.25) is 5.78 Å². The summed E-state index contributed by atoms with van der Waals surface area (Å²) in [4.78, 5) is 51.9. The lowest BCUT2D eigenvalue weighted by molar-refractivity contribution is -0.150. The molecule has 3 amide bonds. The number of nitrogens with one attached hydrogen (secondary N) is 1. The molecule has 3 atom stereocenters. The number of aryl methyl sites for hydroxylation is 2. The number of urea groups is 1. The van der Waals surface area contributed by atoms with E-state index in [1.807, 2.05) is 26.0 Å². The van der Waals surface area contributed by atoms with Crippen LogP contribution in [0.1, 0.15) is 68.4 Å². The average Bonchev–Trinajstić information content (AvgIpc) is 2.84. The van der Waals surface area contributed by atoms with Gasteiger partial charge in [-0.05, 0) is 63.0 Å². The Bertz CT molecular complexity index is 938. The zero-order chi connectivity index (χ0) is 23.1. The second kappa shape index (κ2) is 8.09. The highest BCUT2D eigenvalue weighted by molar-refractivity contribution is 6.09. The Balaban J connectivity index is 1.68. The van der Waals surface area contributed by atoms with Crippen molar-refractivity contribution in [2.24, 2.45) is 11.3 Å². The number of ether oxygens (including phenoxy) is 1. The van der Waals surface area contributed by atoms with E-state index in [4.69, 9.17) is 4.74 Å². The largest absolute Gasteiger partial charge is 0.453 e. The summed E-state index contributed by atoms with van der Waals surface area (Å²) < 4.78 is 5.30. The molecule has 0 bridgehead atoms. The van der Waals surface area contributed by atoms with Crippen LogP contribution in [-0.2, 0) is 14.3 Å². The molecule has 1 saturated heterocycles. The third kappa shape index (κ3) is 4.65. The van der Waals surface area contributed by atoms with Gasteiger partial charge in [0, 0.05) is 5.56 Å². The lowest BCUT2D eigenvalue weighted by Crippen LogP contribution is -2.54. The summed E-state index contributed by atoms with van der Waals surface area (Å²) in [5, 5.41) is 2.84. The van der Waals surface area contributed by atoms with Gasteiger partial charge in [0.15, 0.2) is 6.10 Å². The Morgan fingerprint density at radius 3 is 2.55 bits per heavy atom. The summed E-state index contributed by atoms with van der Waals surface area (Å²) in [6.45, 7) is 10.9. The minimum atomic E-state index is -1.02. The van der Waals surface area contributed by atoms with Crippen molar-refractivity contribution < 1.29 is 23.9 Å². The van der Waals surface area contributed by atoms with Crippen LogP contribution in [0.2, 0.25) is 0 Å². The van der Waals surface area contributed by atoms with Crippen molar-refractivity contribution in [3.8, 4) is 0 Å². The number of rotatable bonds is 5. The molecule has 7 nitrogen and oxygen atoms in total. The van der Waals surface area contributed by atoms with E-state index < -0.39 is 30.2 Å². The number of carbonyl (C=O) groups excluding carboxylic acids is 4. The number of carbonyl (C=O) groups is 4. The number of imide groups is 1. The molecular formula is C24H32N2O5. The van der Waals surface area contributed by atoms with Crippen molar-refractivity contribution in [3.63, 3.8) is 0 Å². The van der Waals surface area contributed by atoms with E-state index in [1.54, 1.807) is 6.07 Å². The van der Waals surface area contributed by atoms with Crippen LogP contribution in [0.25, 0.3) is 0 Å². The molecule has 1 aliphatic carbocycles. The minimum absolute atomic E-state index is 0.0935. The van der Waals surface area contributed by atoms with Crippen LogP contribution in [0.4, 0.5) is 4.79 Å². The van der Waals surface area contributed by atoms with Gasteiger partial charge in [-0.25, -0.2) is 4.79 Å². The van der Waals surface area contributed by atoms with E-state index in [1.165, 1.54) is 6.92 Å². The molecule has 168 valence electrons. The predicted molar refractivity (Wildman–Crippen MR) is 116 cm³/mol. The minimum Gasteiger partial charge on any atom is -0.453 e. The van der Waals surface area contributed by atoms with Crippen LogP contribution in [-0.4, -0.2) is 46.8 Å². The molecule has 1 saturated carbocycles. The molecule has 2 aliphatic rings. The maximum absolute atomic E-state index is 13.2. The van der Waals surface area contributed by atoms with Gasteiger partial charge in [0.05, 0.1) is 0 Å². The molecule has 31 heavy (non-hydrogen) atoms. The monoisotopic (exact) mass is 428 g/mol. The van der Waals surface area contributed by atoms with Crippen molar-refractivity contribution in [1.29, 1.82) is 0 Å². The van der Waals surface area contributed by atoms with Crippen molar-refractivity contribution >= 4 is 23.7 Å². The fourth-order valence-corrected chi connectivity index (χ4v) is 5.29. The Kier molecular flexibility index (Phi) is 6.00. The van der Waals surface area contributed by atoms with Gasteiger partial charge in [0.25, 0.3) is 5.91 Å². The Hall–Kier alpha value is -2.70. The molecule has 1 aromatic carbocycles. The van der Waals surface area contributed by atoms with Crippen LogP contribution in [0.3, 0.4) is 0 Å². The third-order valence-corrected chi connectivity index (χ3v) is 6.25. The number of Topliss-reactive ketones (excluding diaryl/α,β-unsaturated/α-hetero) is 1. The first-order valence-electron chi connectivity index (χ1n) is 10.8. The van der Waals surface area contributed by atoms with E-state index in [-0.39, 0.29) is 23.0 Å². The number of esters is 1. The van der Waals surface area contributed by atoms with Crippen molar-refractivity contribution in [2.75, 3.05) is 6.54 Å². The zero-order valence-corrected chi connectivity index (χ0v) is 19.2. The highest BCUT2D eigenvalue weighted by Gasteiger charge is 2.56. The lowest BCUT2D eigenvalue weighted by Gasteiger charge is -2.43. The van der Waals surface area contributed by atoms with E-state index in [0.717, 1.165) is 22.4 Å². The van der Waals surface area contributed by atoms with Gasteiger partial charge in [-0.15, -0.1) is 0 Å². The summed E-state index contributed by atoms with van der Waals surface area (Å²) in [7, 11) is 0. The van der Waals surface area contributed by atoms with Gasteiger partial charge in [-0.3, -0.25) is 19.3 Å². The van der Waals surface area contributed by atoms with Crippen molar-refractivity contribution in [2.45, 2.75) is 72.4 Å². The topological polar surface area (TPSA) is 92.8 Å². The fourth-order valence-electron chi connectivity index (χ4n) is 5.29. The second-order valence-corrected chi connectivity index (χ2v) is 10.1. The van der Waals surface area contributed by atoms with Crippen LogP contribution < -0.4 is 5.32 Å². The molecular weight excluding hydrogens is 396 g/mol. The van der Waals surface area contributed by atoms with Gasteiger partial charge < -0.3 is 10.1 Å². The van der Waals surface area contributed by atoms with E-state index in [0.29, 0.717) is 18.4 Å². The van der Waals surface area contributed by atoms with E-state index in [9.17, 15) is 19.2 Å².